The molecule has 1 aromatic heterocycles. The average Bonchev–Trinajstić information content (AvgIpc) is 2.76. The smallest absolute Gasteiger partial charge is 0.355 e. The van der Waals surface area contributed by atoms with Gasteiger partial charge in [-0.25, -0.2) is 4.79 Å². The van der Waals surface area contributed by atoms with Crippen molar-refractivity contribution in [2.75, 3.05) is 13.7 Å². The van der Waals surface area contributed by atoms with Crippen LogP contribution in [-0.4, -0.2) is 31.0 Å². The number of hydrogen-bond acceptors (Lipinski definition) is 4. The first-order chi connectivity index (χ1) is 8.71. The lowest BCUT2D eigenvalue weighted by molar-refractivity contribution is 0.0518. The summed E-state index contributed by atoms with van der Waals surface area (Å²) in [6.45, 7) is 1.97. The maximum absolute atomic E-state index is 11.7. The van der Waals surface area contributed by atoms with E-state index in [2.05, 4.69) is 4.98 Å². The standard InChI is InChI=1S/C13H13NO4/c1-3-18-13(16)12-10(7-15)9-5-4-8(17-2)6-11(9)14-12/h4-7,14H,3H2,1-2H3. The third-order valence-corrected chi connectivity index (χ3v) is 2.64. The summed E-state index contributed by atoms with van der Waals surface area (Å²) in [4.78, 5) is 25.7. The van der Waals surface area contributed by atoms with Crippen LogP contribution in [0.1, 0.15) is 27.8 Å². The van der Waals surface area contributed by atoms with Crippen LogP contribution in [-0.2, 0) is 4.74 Å². The van der Waals surface area contributed by atoms with Crippen molar-refractivity contribution in [2.45, 2.75) is 6.92 Å². The zero-order valence-electron chi connectivity index (χ0n) is 10.1. The number of carbonyl (C=O) groups is 2. The normalized spacial score (nSPS) is 10.3. The number of carbonyl (C=O) groups excluding carboxylic acids is 2. The lowest BCUT2D eigenvalue weighted by Gasteiger charge is -1.98. The second kappa shape index (κ2) is 4.91. The number of H-pyrrole nitrogens is 1. The predicted octanol–water partition coefficient (Wildman–Crippen LogP) is 2.17. The largest absolute Gasteiger partial charge is 0.497 e. The van der Waals surface area contributed by atoms with Crippen LogP contribution in [0.15, 0.2) is 18.2 Å². The first-order valence-corrected chi connectivity index (χ1v) is 5.53. The van der Waals surface area contributed by atoms with E-state index < -0.39 is 5.97 Å². The summed E-state index contributed by atoms with van der Waals surface area (Å²) < 4.78 is 9.98. The molecular weight excluding hydrogens is 234 g/mol. The second-order valence-corrected chi connectivity index (χ2v) is 3.66. The Bertz CT molecular complexity index is 600. The molecule has 0 spiro atoms. The lowest BCUT2D eigenvalue weighted by Crippen LogP contribution is -2.07. The summed E-state index contributed by atoms with van der Waals surface area (Å²) in [6.07, 6.45) is 0.650. The number of ether oxygens (including phenoxy) is 2. The molecule has 0 atom stereocenters. The van der Waals surface area contributed by atoms with Gasteiger partial charge in [0, 0.05) is 11.5 Å². The summed E-state index contributed by atoms with van der Waals surface area (Å²) >= 11 is 0. The molecule has 2 aromatic rings. The molecule has 1 N–H and O–H groups in total. The number of rotatable bonds is 4. The van der Waals surface area contributed by atoms with Gasteiger partial charge < -0.3 is 14.5 Å². The topological polar surface area (TPSA) is 68.4 Å². The molecule has 94 valence electrons. The minimum Gasteiger partial charge on any atom is -0.497 e. The number of aromatic amines is 1. The van der Waals surface area contributed by atoms with Gasteiger partial charge >= 0.3 is 5.97 Å². The minimum atomic E-state index is -0.533. The molecule has 0 aliphatic heterocycles. The highest BCUT2D eigenvalue weighted by atomic mass is 16.5. The van der Waals surface area contributed by atoms with Crippen molar-refractivity contribution in [3.8, 4) is 5.75 Å². The fourth-order valence-electron chi connectivity index (χ4n) is 1.81. The van der Waals surface area contributed by atoms with Crippen molar-refractivity contribution in [2.24, 2.45) is 0 Å². The summed E-state index contributed by atoms with van der Waals surface area (Å²) in [5.41, 5.74) is 1.15. The van der Waals surface area contributed by atoms with Crippen LogP contribution >= 0.6 is 0 Å². The van der Waals surface area contributed by atoms with E-state index in [1.807, 2.05) is 0 Å². The number of fused-ring (bicyclic) bond motifs is 1. The van der Waals surface area contributed by atoms with Crippen molar-refractivity contribution in [3.63, 3.8) is 0 Å². The Balaban J connectivity index is 2.60. The third-order valence-electron chi connectivity index (χ3n) is 2.64. The molecule has 0 saturated heterocycles. The average molecular weight is 247 g/mol. The number of hydrogen-bond donors (Lipinski definition) is 1. The zero-order valence-corrected chi connectivity index (χ0v) is 10.1. The van der Waals surface area contributed by atoms with Gasteiger partial charge in [-0.1, -0.05) is 0 Å². The molecule has 0 bridgehead atoms. The van der Waals surface area contributed by atoms with Crippen molar-refractivity contribution >= 4 is 23.2 Å². The van der Waals surface area contributed by atoms with Crippen LogP contribution in [0.25, 0.3) is 10.9 Å². The molecule has 0 unspecified atom stereocenters. The molecule has 0 saturated carbocycles. The van der Waals surface area contributed by atoms with E-state index >= 15 is 0 Å². The van der Waals surface area contributed by atoms with Gasteiger partial charge in [0.1, 0.15) is 11.4 Å². The van der Waals surface area contributed by atoms with Gasteiger partial charge in [-0.2, -0.15) is 0 Å². The molecular formula is C13H13NO4. The summed E-state index contributed by atoms with van der Waals surface area (Å²) in [6, 6.07) is 5.19. The fourth-order valence-corrected chi connectivity index (χ4v) is 1.81. The molecule has 0 fully saturated rings. The van der Waals surface area contributed by atoms with Crippen LogP contribution in [0.3, 0.4) is 0 Å². The van der Waals surface area contributed by atoms with Crippen LogP contribution in [0, 0.1) is 0 Å². The highest BCUT2D eigenvalue weighted by Gasteiger charge is 2.18. The second-order valence-electron chi connectivity index (χ2n) is 3.66. The van der Waals surface area contributed by atoms with E-state index in [1.165, 1.54) is 0 Å². The van der Waals surface area contributed by atoms with Gasteiger partial charge in [-0.15, -0.1) is 0 Å². The summed E-state index contributed by atoms with van der Waals surface area (Å²) in [5.74, 6) is 0.117. The molecule has 1 heterocycles. The molecule has 5 heteroatoms. The maximum Gasteiger partial charge on any atom is 0.355 e. The predicted molar refractivity (Wildman–Crippen MR) is 66.2 cm³/mol. The highest BCUT2D eigenvalue weighted by molar-refractivity contribution is 6.08. The quantitative estimate of drug-likeness (QED) is 0.664. The molecule has 0 aliphatic carbocycles. The van der Waals surface area contributed by atoms with Crippen molar-refractivity contribution < 1.29 is 19.1 Å². The SMILES string of the molecule is CCOC(=O)c1[nH]c2cc(OC)ccc2c1C=O. The van der Waals surface area contributed by atoms with E-state index in [0.29, 0.717) is 28.5 Å². The van der Waals surface area contributed by atoms with E-state index in [4.69, 9.17) is 9.47 Å². The minimum absolute atomic E-state index is 0.176. The Kier molecular flexibility index (Phi) is 3.32. The van der Waals surface area contributed by atoms with E-state index in [0.717, 1.165) is 0 Å². The van der Waals surface area contributed by atoms with Gasteiger partial charge in [-0.3, -0.25) is 4.79 Å². The fraction of sp³-hybridized carbons (Fsp3) is 0.231. The number of aldehydes is 1. The molecule has 5 nitrogen and oxygen atoms in total. The Morgan fingerprint density at radius 1 is 1.44 bits per heavy atom. The Hall–Kier alpha value is -2.30. The Labute approximate surface area is 104 Å². The van der Waals surface area contributed by atoms with Gasteiger partial charge in [0.2, 0.25) is 0 Å². The van der Waals surface area contributed by atoms with E-state index in [9.17, 15) is 9.59 Å². The lowest BCUT2D eigenvalue weighted by atomic mass is 10.1. The van der Waals surface area contributed by atoms with Crippen molar-refractivity contribution in [1.29, 1.82) is 0 Å². The van der Waals surface area contributed by atoms with Gasteiger partial charge in [0.05, 0.1) is 24.8 Å². The highest BCUT2D eigenvalue weighted by Crippen LogP contribution is 2.25. The van der Waals surface area contributed by atoms with Crippen LogP contribution in [0.2, 0.25) is 0 Å². The molecule has 0 radical (unpaired) electrons. The third kappa shape index (κ3) is 1.95. The van der Waals surface area contributed by atoms with E-state index in [1.54, 1.807) is 32.2 Å². The molecule has 2 rings (SSSR count). The van der Waals surface area contributed by atoms with Crippen LogP contribution < -0.4 is 4.74 Å². The monoisotopic (exact) mass is 247 g/mol. The first kappa shape index (κ1) is 12.2. The summed E-state index contributed by atoms with van der Waals surface area (Å²) in [7, 11) is 1.55. The van der Waals surface area contributed by atoms with Gasteiger partial charge in [-0.05, 0) is 19.1 Å². The summed E-state index contributed by atoms with van der Waals surface area (Å²) in [5, 5.41) is 0.675. The maximum atomic E-state index is 11.7. The number of aromatic nitrogens is 1. The molecule has 0 aliphatic rings. The van der Waals surface area contributed by atoms with Crippen molar-refractivity contribution in [1.82, 2.24) is 4.98 Å². The Morgan fingerprint density at radius 3 is 2.83 bits per heavy atom. The number of nitrogens with one attached hydrogen (secondary N) is 1. The van der Waals surface area contributed by atoms with Crippen molar-refractivity contribution in [3.05, 3.63) is 29.5 Å². The molecule has 0 amide bonds. The van der Waals surface area contributed by atoms with Gasteiger partial charge in [0.25, 0.3) is 0 Å². The van der Waals surface area contributed by atoms with Crippen LogP contribution in [0.5, 0.6) is 5.75 Å². The van der Waals surface area contributed by atoms with E-state index in [-0.39, 0.29) is 12.3 Å². The molecule has 18 heavy (non-hydrogen) atoms. The van der Waals surface area contributed by atoms with Gasteiger partial charge in [0.15, 0.2) is 6.29 Å². The Morgan fingerprint density at radius 2 is 2.22 bits per heavy atom. The number of methoxy groups -OCH3 is 1. The zero-order chi connectivity index (χ0) is 13.1. The number of esters is 1. The number of benzene rings is 1. The van der Waals surface area contributed by atoms with Crippen LogP contribution in [0.4, 0.5) is 0 Å². The molecule has 1 aromatic carbocycles. The first-order valence-electron chi connectivity index (χ1n) is 5.53.